The third-order valence-electron chi connectivity index (χ3n) is 4.80. The van der Waals surface area contributed by atoms with Crippen LogP contribution in [0.3, 0.4) is 0 Å². The Hall–Kier alpha value is -1.85. The van der Waals surface area contributed by atoms with Gasteiger partial charge in [-0.15, -0.1) is 0 Å². The monoisotopic (exact) mass is 448 g/mol. The van der Waals surface area contributed by atoms with Crippen molar-refractivity contribution in [3.63, 3.8) is 0 Å². The predicted molar refractivity (Wildman–Crippen MR) is 116 cm³/mol. The summed E-state index contributed by atoms with van der Waals surface area (Å²) >= 11 is 1.48. The van der Waals surface area contributed by atoms with E-state index in [1.54, 1.807) is 20.8 Å². The molecule has 0 rings (SSSR count). The van der Waals surface area contributed by atoms with E-state index in [0.29, 0.717) is 18.6 Å². The van der Waals surface area contributed by atoms with Crippen molar-refractivity contribution in [2.45, 2.75) is 64.7 Å². The Morgan fingerprint density at radius 2 is 1.53 bits per heavy atom. The van der Waals surface area contributed by atoms with Gasteiger partial charge in [0.2, 0.25) is 17.7 Å². The number of nitrogens with two attached hydrogens (primary N) is 1. The van der Waals surface area contributed by atoms with Gasteiger partial charge in [0, 0.05) is 0 Å². The molecule has 7 N–H and O–H groups in total. The maximum absolute atomic E-state index is 12.9. The molecule has 0 saturated heterocycles. The number of hydrogen-bond acceptors (Lipinski definition) is 7. The maximum Gasteiger partial charge on any atom is 0.326 e. The second-order valence-electron chi connectivity index (χ2n) is 7.57. The number of aliphatic hydroxyl groups is 1. The van der Waals surface area contributed by atoms with E-state index in [1.165, 1.54) is 11.8 Å². The standard InChI is InChI=1S/C19H36N4O6S/c1-6-11(4)15(23-16(25)12(20)9-24)18(27)21-13(7-8-30-5)17(26)22-14(10(2)3)19(28)29/h10-15,24H,6-9,20H2,1-5H3,(H,21,27)(H,22,26)(H,23,25)(H,28,29). The first-order valence-corrected chi connectivity index (χ1v) is 11.4. The summed E-state index contributed by atoms with van der Waals surface area (Å²) in [6.07, 6.45) is 2.72. The lowest BCUT2D eigenvalue weighted by atomic mass is 9.97. The minimum Gasteiger partial charge on any atom is -0.480 e. The van der Waals surface area contributed by atoms with Gasteiger partial charge in [-0.1, -0.05) is 34.1 Å². The molecule has 3 amide bonds. The van der Waals surface area contributed by atoms with Crippen LogP contribution in [0.15, 0.2) is 0 Å². The van der Waals surface area contributed by atoms with Gasteiger partial charge in [-0.2, -0.15) is 11.8 Å². The second kappa shape index (κ2) is 14.2. The number of aliphatic carboxylic acids is 1. The first-order valence-electron chi connectivity index (χ1n) is 9.99. The van der Waals surface area contributed by atoms with Gasteiger partial charge in [0.1, 0.15) is 24.2 Å². The molecule has 0 radical (unpaired) electrons. The van der Waals surface area contributed by atoms with E-state index in [-0.39, 0.29) is 11.8 Å². The molecule has 0 aliphatic rings. The topological polar surface area (TPSA) is 171 Å². The highest BCUT2D eigenvalue weighted by Crippen LogP contribution is 2.11. The van der Waals surface area contributed by atoms with Gasteiger partial charge in [-0.05, 0) is 30.3 Å². The van der Waals surface area contributed by atoms with Crippen molar-refractivity contribution in [1.29, 1.82) is 0 Å². The molecule has 0 aromatic heterocycles. The third kappa shape index (κ3) is 9.31. The van der Waals surface area contributed by atoms with Crippen LogP contribution in [-0.4, -0.2) is 76.7 Å². The quantitative estimate of drug-likeness (QED) is 0.202. The van der Waals surface area contributed by atoms with E-state index < -0.39 is 54.5 Å². The summed E-state index contributed by atoms with van der Waals surface area (Å²) < 4.78 is 0. The molecule has 0 aromatic carbocycles. The van der Waals surface area contributed by atoms with Gasteiger partial charge in [-0.25, -0.2) is 4.79 Å². The highest BCUT2D eigenvalue weighted by Gasteiger charge is 2.32. The normalized spacial score (nSPS) is 16.1. The molecular formula is C19H36N4O6S. The first kappa shape index (κ1) is 28.1. The van der Waals surface area contributed by atoms with Gasteiger partial charge in [0.25, 0.3) is 0 Å². The van der Waals surface area contributed by atoms with Crippen LogP contribution in [0.1, 0.15) is 40.5 Å². The smallest absolute Gasteiger partial charge is 0.326 e. The molecule has 0 fully saturated rings. The summed E-state index contributed by atoms with van der Waals surface area (Å²) in [5, 5.41) is 26.0. The number of carbonyl (C=O) groups excluding carboxylic acids is 3. The van der Waals surface area contributed by atoms with Crippen molar-refractivity contribution in [3.8, 4) is 0 Å². The molecule has 11 heteroatoms. The molecule has 0 spiro atoms. The number of carboxylic acid groups (broad SMARTS) is 1. The molecular weight excluding hydrogens is 412 g/mol. The lowest BCUT2D eigenvalue weighted by Crippen LogP contribution is -2.59. The van der Waals surface area contributed by atoms with Crippen LogP contribution < -0.4 is 21.7 Å². The van der Waals surface area contributed by atoms with Gasteiger partial charge >= 0.3 is 5.97 Å². The number of rotatable bonds is 14. The zero-order chi connectivity index (χ0) is 23.4. The fourth-order valence-electron chi connectivity index (χ4n) is 2.58. The highest BCUT2D eigenvalue weighted by molar-refractivity contribution is 7.98. The Bertz CT molecular complexity index is 589. The van der Waals surface area contributed by atoms with Crippen LogP contribution in [0.2, 0.25) is 0 Å². The van der Waals surface area contributed by atoms with Crippen molar-refractivity contribution in [3.05, 3.63) is 0 Å². The molecule has 0 bridgehead atoms. The average molecular weight is 449 g/mol. The number of aliphatic hydroxyl groups excluding tert-OH is 1. The second-order valence-corrected chi connectivity index (χ2v) is 8.56. The molecule has 174 valence electrons. The van der Waals surface area contributed by atoms with Gasteiger partial charge in [0.05, 0.1) is 6.61 Å². The lowest BCUT2D eigenvalue weighted by molar-refractivity contribution is -0.143. The Morgan fingerprint density at radius 3 is 1.97 bits per heavy atom. The Labute approximate surface area is 182 Å². The minimum atomic E-state index is -1.16. The summed E-state index contributed by atoms with van der Waals surface area (Å²) in [7, 11) is 0. The first-order chi connectivity index (χ1) is 14.0. The van der Waals surface area contributed by atoms with Crippen LogP contribution in [0.5, 0.6) is 0 Å². The summed E-state index contributed by atoms with van der Waals surface area (Å²) in [4.78, 5) is 49.1. The zero-order valence-corrected chi connectivity index (χ0v) is 19.1. The number of thioether (sulfide) groups is 1. The molecule has 0 heterocycles. The zero-order valence-electron chi connectivity index (χ0n) is 18.3. The molecule has 0 aliphatic heterocycles. The van der Waals surface area contributed by atoms with E-state index in [2.05, 4.69) is 16.0 Å². The van der Waals surface area contributed by atoms with E-state index in [4.69, 9.17) is 10.8 Å². The van der Waals surface area contributed by atoms with Crippen molar-refractivity contribution in [2.75, 3.05) is 18.6 Å². The van der Waals surface area contributed by atoms with E-state index in [1.807, 2.05) is 13.2 Å². The Kier molecular flexibility index (Phi) is 13.3. The van der Waals surface area contributed by atoms with Crippen molar-refractivity contribution < 1.29 is 29.4 Å². The maximum atomic E-state index is 12.9. The Balaban J connectivity index is 5.46. The fourth-order valence-corrected chi connectivity index (χ4v) is 3.05. The van der Waals surface area contributed by atoms with Crippen LogP contribution >= 0.6 is 11.8 Å². The number of hydrogen-bond donors (Lipinski definition) is 6. The van der Waals surface area contributed by atoms with Crippen LogP contribution in [-0.2, 0) is 19.2 Å². The Morgan fingerprint density at radius 1 is 0.967 bits per heavy atom. The number of nitrogens with one attached hydrogen (secondary N) is 3. The van der Waals surface area contributed by atoms with Gasteiger partial charge in [0.15, 0.2) is 0 Å². The van der Waals surface area contributed by atoms with Gasteiger partial charge in [-0.3, -0.25) is 14.4 Å². The summed E-state index contributed by atoms with van der Waals surface area (Å²) in [5.74, 6) is -3.03. The number of amides is 3. The van der Waals surface area contributed by atoms with Gasteiger partial charge < -0.3 is 31.9 Å². The van der Waals surface area contributed by atoms with E-state index >= 15 is 0 Å². The molecule has 5 atom stereocenters. The third-order valence-corrected chi connectivity index (χ3v) is 5.44. The molecule has 5 unspecified atom stereocenters. The molecule has 10 nitrogen and oxygen atoms in total. The average Bonchev–Trinajstić information content (AvgIpc) is 2.70. The molecule has 30 heavy (non-hydrogen) atoms. The lowest BCUT2D eigenvalue weighted by Gasteiger charge is -2.28. The summed E-state index contributed by atoms with van der Waals surface area (Å²) in [6.45, 7) is 6.40. The van der Waals surface area contributed by atoms with Crippen LogP contribution in [0.25, 0.3) is 0 Å². The summed E-state index contributed by atoms with van der Waals surface area (Å²) in [5.41, 5.74) is 5.52. The molecule has 0 aromatic rings. The van der Waals surface area contributed by atoms with Crippen molar-refractivity contribution >= 4 is 35.5 Å². The van der Waals surface area contributed by atoms with Crippen LogP contribution in [0, 0.1) is 11.8 Å². The van der Waals surface area contributed by atoms with E-state index in [0.717, 1.165) is 0 Å². The minimum absolute atomic E-state index is 0.258. The van der Waals surface area contributed by atoms with Crippen molar-refractivity contribution in [2.24, 2.45) is 17.6 Å². The fraction of sp³-hybridized carbons (Fsp3) is 0.789. The van der Waals surface area contributed by atoms with Crippen molar-refractivity contribution in [1.82, 2.24) is 16.0 Å². The predicted octanol–water partition coefficient (Wildman–Crippen LogP) is -0.700. The highest BCUT2D eigenvalue weighted by atomic mass is 32.2. The van der Waals surface area contributed by atoms with Crippen LogP contribution in [0.4, 0.5) is 0 Å². The molecule has 0 aliphatic carbocycles. The summed E-state index contributed by atoms with van der Waals surface area (Å²) in [6, 6.07) is -4.16. The number of carboxylic acids is 1. The number of carbonyl (C=O) groups is 4. The largest absolute Gasteiger partial charge is 0.480 e. The SMILES string of the molecule is CCC(C)C(NC(=O)C(N)CO)C(=O)NC(CCSC)C(=O)NC(C(=O)O)C(C)C. The molecule has 0 saturated carbocycles. The van der Waals surface area contributed by atoms with E-state index in [9.17, 15) is 24.3 Å².